The SMILES string of the molecule is CSCC[C@H](N)C(=O)NC1CCN(Cc2ccc(Cl)c(Cl)c2)CC1. The highest BCUT2D eigenvalue weighted by Crippen LogP contribution is 2.24. The molecule has 24 heavy (non-hydrogen) atoms. The van der Waals surface area contributed by atoms with E-state index in [9.17, 15) is 4.79 Å². The van der Waals surface area contributed by atoms with E-state index in [1.54, 1.807) is 11.8 Å². The molecule has 0 spiro atoms. The van der Waals surface area contributed by atoms with Crippen LogP contribution in [-0.2, 0) is 11.3 Å². The molecule has 0 radical (unpaired) electrons. The zero-order valence-corrected chi connectivity index (χ0v) is 16.3. The number of halogens is 2. The maximum absolute atomic E-state index is 12.1. The average Bonchev–Trinajstić information content (AvgIpc) is 2.57. The third-order valence-electron chi connectivity index (χ3n) is 4.29. The van der Waals surface area contributed by atoms with Crippen LogP contribution in [0.5, 0.6) is 0 Å². The number of nitrogens with two attached hydrogens (primary N) is 1. The number of rotatable bonds is 7. The van der Waals surface area contributed by atoms with Crippen molar-refractivity contribution in [3.8, 4) is 0 Å². The van der Waals surface area contributed by atoms with Crippen LogP contribution >= 0.6 is 35.0 Å². The minimum absolute atomic E-state index is 0.0213. The quantitative estimate of drug-likeness (QED) is 0.751. The topological polar surface area (TPSA) is 58.4 Å². The molecule has 1 aromatic carbocycles. The Bertz CT molecular complexity index is 551. The standard InChI is InChI=1S/C17H25Cl2N3OS/c1-24-9-6-16(20)17(23)21-13-4-7-22(8-5-13)11-12-2-3-14(18)15(19)10-12/h2-3,10,13,16H,4-9,11,20H2,1H3,(H,21,23)/t16-/m0/s1. The summed E-state index contributed by atoms with van der Waals surface area (Å²) in [4.78, 5) is 14.4. The van der Waals surface area contributed by atoms with Gasteiger partial charge in [-0.3, -0.25) is 9.69 Å². The Morgan fingerprint density at radius 2 is 2.08 bits per heavy atom. The van der Waals surface area contributed by atoms with Crippen LogP contribution in [0.3, 0.4) is 0 Å². The molecule has 1 amide bonds. The Labute approximate surface area is 158 Å². The lowest BCUT2D eigenvalue weighted by Gasteiger charge is -2.33. The minimum Gasteiger partial charge on any atom is -0.352 e. The molecular formula is C17H25Cl2N3OS. The van der Waals surface area contributed by atoms with Gasteiger partial charge in [0.15, 0.2) is 0 Å². The molecule has 0 aliphatic carbocycles. The van der Waals surface area contributed by atoms with Crippen molar-refractivity contribution in [2.75, 3.05) is 25.1 Å². The number of piperidine rings is 1. The van der Waals surface area contributed by atoms with Crippen molar-refractivity contribution in [3.05, 3.63) is 33.8 Å². The second-order valence-corrected chi connectivity index (χ2v) is 8.00. The van der Waals surface area contributed by atoms with Crippen molar-refractivity contribution in [3.63, 3.8) is 0 Å². The summed E-state index contributed by atoms with van der Waals surface area (Å²) in [5, 5.41) is 4.27. The largest absolute Gasteiger partial charge is 0.352 e. The van der Waals surface area contributed by atoms with Crippen LogP contribution in [0.15, 0.2) is 18.2 Å². The number of hydrogen-bond donors (Lipinski definition) is 2. The lowest BCUT2D eigenvalue weighted by molar-refractivity contribution is -0.123. The molecule has 1 aliphatic rings. The predicted octanol–water partition coefficient (Wildman–Crippen LogP) is 3.15. The zero-order chi connectivity index (χ0) is 17.5. The first-order valence-corrected chi connectivity index (χ1v) is 10.4. The van der Waals surface area contributed by atoms with Crippen LogP contribution in [-0.4, -0.2) is 48.0 Å². The van der Waals surface area contributed by atoms with Crippen molar-refractivity contribution >= 4 is 40.9 Å². The van der Waals surface area contributed by atoms with Crippen LogP contribution in [0.2, 0.25) is 10.0 Å². The fourth-order valence-corrected chi connectivity index (χ4v) is 3.63. The third kappa shape index (κ3) is 6.12. The molecular weight excluding hydrogens is 365 g/mol. The van der Waals surface area contributed by atoms with E-state index >= 15 is 0 Å². The van der Waals surface area contributed by atoms with Gasteiger partial charge < -0.3 is 11.1 Å². The molecule has 1 atom stereocenters. The molecule has 1 aliphatic heterocycles. The molecule has 7 heteroatoms. The Hall–Kier alpha value is -0.460. The number of thioether (sulfide) groups is 1. The molecule has 0 bridgehead atoms. The maximum atomic E-state index is 12.1. The first-order chi connectivity index (χ1) is 11.5. The second-order valence-electron chi connectivity index (χ2n) is 6.20. The molecule has 1 aromatic rings. The van der Waals surface area contributed by atoms with E-state index in [-0.39, 0.29) is 11.9 Å². The molecule has 1 heterocycles. The van der Waals surface area contributed by atoms with Gasteiger partial charge in [-0.25, -0.2) is 0 Å². The number of carbonyl (C=O) groups excluding carboxylic acids is 1. The highest BCUT2D eigenvalue weighted by Gasteiger charge is 2.23. The van der Waals surface area contributed by atoms with Gasteiger partial charge in [-0.1, -0.05) is 29.3 Å². The highest BCUT2D eigenvalue weighted by molar-refractivity contribution is 7.98. The summed E-state index contributed by atoms with van der Waals surface area (Å²) in [6, 6.07) is 5.59. The zero-order valence-electron chi connectivity index (χ0n) is 13.9. The van der Waals surface area contributed by atoms with Gasteiger partial charge in [-0.2, -0.15) is 11.8 Å². The first-order valence-electron chi connectivity index (χ1n) is 8.20. The van der Waals surface area contributed by atoms with E-state index in [2.05, 4.69) is 10.2 Å². The Kier molecular flexibility index (Phi) is 8.17. The molecule has 1 fully saturated rings. The van der Waals surface area contributed by atoms with E-state index in [0.717, 1.165) is 50.2 Å². The molecule has 3 N–H and O–H groups in total. The first kappa shape index (κ1) is 19.9. The van der Waals surface area contributed by atoms with Gasteiger partial charge in [0, 0.05) is 25.7 Å². The predicted molar refractivity (Wildman–Crippen MR) is 104 cm³/mol. The number of likely N-dealkylation sites (tertiary alicyclic amines) is 1. The Morgan fingerprint density at radius 1 is 1.38 bits per heavy atom. The van der Waals surface area contributed by atoms with E-state index in [0.29, 0.717) is 10.0 Å². The van der Waals surface area contributed by atoms with Gasteiger partial charge in [-0.05, 0) is 49.0 Å². The smallest absolute Gasteiger partial charge is 0.237 e. The van der Waals surface area contributed by atoms with Gasteiger partial charge in [0.1, 0.15) is 0 Å². The van der Waals surface area contributed by atoms with Gasteiger partial charge in [0.25, 0.3) is 0 Å². The number of hydrogen-bond acceptors (Lipinski definition) is 4. The summed E-state index contributed by atoms with van der Waals surface area (Å²) < 4.78 is 0. The monoisotopic (exact) mass is 389 g/mol. The van der Waals surface area contributed by atoms with Gasteiger partial charge in [-0.15, -0.1) is 0 Å². The second kappa shape index (κ2) is 9.88. The summed E-state index contributed by atoms with van der Waals surface area (Å²) in [7, 11) is 0. The maximum Gasteiger partial charge on any atom is 0.237 e. The van der Waals surface area contributed by atoms with Gasteiger partial charge in [0.05, 0.1) is 16.1 Å². The Balaban J connectivity index is 1.74. The van der Waals surface area contributed by atoms with Crippen LogP contribution in [0, 0.1) is 0 Å². The van der Waals surface area contributed by atoms with E-state index in [1.165, 1.54) is 0 Å². The Morgan fingerprint density at radius 3 is 2.71 bits per heavy atom. The molecule has 0 unspecified atom stereocenters. The highest BCUT2D eigenvalue weighted by atomic mass is 35.5. The fraction of sp³-hybridized carbons (Fsp3) is 0.588. The molecule has 0 aromatic heterocycles. The summed E-state index contributed by atoms with van der Waals surface area (Å²) in [5.41, 5.74) is 7.08. The molecule has 1 saturated heterocycles. The number of carbonyl (C=O) groups is 1. The summed E-state index contributed by atoms with van der Waals surface area (Å²) in [6.07, 6.45) is 4.64. The van der Waals surface area contributed by atoms with Crippen molar-refractivity contribution in [2.45, 2.75) is 37.9 Å². The average molecular weight is 390 g/mol. The van der Waals surface area contributed by atoms with Crippen molar-refractivity contribution in [1.82, 2.24) is 10.2 Å². The molecule has 134 valence electrons. The third-order valence-corrected chi connectivity index (χ3v) is 5.68. The lowest BCUT2D eigenvalue weighted by atomic mass is 10.0. The lowest BCUT2D eigenvalue weighted by Crippen LogP contribution is -2.49. The number of nitrogens with zero attached hydrogens (tertiary/aromatic N) is 1. The van der Waals surface area contributed by atoms with E-state index < -0.39 is 6.04 Å². The van der Waals surface area contributed by atoms with Crippen LogP contribution in [0.25, 0.3) is 0 Å². The van der Waals surface area contributed by atoms with Crippen LogP contribution < -0.4 is 11.1 Å². The number of benzene rings is 1. The van der Waals surface area contributed by atoms with Crippen molar-refractivity contribution in [1.29, 1.82) is 0 Å². The molecule has 0 saturated carbocycles. The fourth-order valence-electron chi connectivity index (χ4n) is 2.82. The van der Waals surface area contributed by atoms with Crippen LogP contribution in [0.4, 0.5) is 0 Å². The molecule has 2 rings (SSSR count). The van der Waals surface area contributed by atoms with Gasteiger partial charge in [0.2, 0.25) is 5.91 Å². The number of amides is 1. The summed E-state index contributed by atoms with van der Waals surface area (Å²) in [5.74, 6) is 0.892. The number of nitrogens with one attached hydrogen (secondary N) is 1. The molecule has 4 nitrogen and oxygen atoms in total. The van der Waals surface area contributed by atoms with E-state index in [4.69, 9.17) is 28.9 Å². The van der Waals surface area contributed by atoms with Crippen molar-refractivity contribution in [2.24, 2.45) is 5.73 Å². The van der Waals surface area contributed by atoms with E-state index in [1.807, 2.05) is 24.5 Å². The van der Waals surface area contributed by atoms with Crippen molar-refractivity contribution < 1.29 is 4.79 Å². The minimum atomic E-state index is -0.397. The normalized spacial score (nSPS) is 17.7. The summed E-state index contributed by atoms with van der Waals surface area (Å²) >= 11 is 13.7. The van der Waals surface area contributed by atoms with Gasteiger partial charge >= 0.3 is 0 Å². The summed E-state index contributed by atoms with van der Waals surface area (Å²) in [6.45, 7) is 2.75. The van der Waals surface area contributed by atoms with Crippen LogP contribution in [0.1, 0.15) is 24.8 Å².